The molecule has 17 heavy (non-hydrogen) atoms. The third-order valence-electron chi connectivity index (χ3n) is 4.99. The molecule has 0 aromatic carbocycles. The van der Waals surface area contributed by atoms with Gasteiger partial charge in [-0.3, -0.25) is 4.79 Å². The number of carbonyl (C=O) groups excluding carboxylic acids is 1. The highest BCUT2D eigenvalue weighted by molar-refractivity contribution is 5.72. The predicted molar refractivity (Wildman–Crippen MR) is 63.2 cm³/mol. The van der Waals surface area contributed by atoms with Crippen LogP contribution < -0.4 is 0 Å². The summed E-state index contributed by atoms with van der Waals surface area (Å²) in [4.78, 5) is 11.8. The highest BCUT2D eigenvalue weighted by atomic mass is 16.6. The minimum absolute atomic E-state index is 0.0752. The Bertz CT molecular complexity index is 360. The first kappa shape index (κ1) is 11.5. The van der Waals surface area contributed by atoms with Crippen LogP contribution in [0.1, 0.15) is 46.5 Å². The van der Waals surface area contributed by atoms with Gasteiger partial charge >= 0.3 is 5.97 Å². The van der Waals surface area contributed by atoms with Crippen molar-refractivity contribution in [2.45, 2.75) is 57.7 Å². The van der Waals surface area contributed by atoms with Gasteiger partial charge in [-0.2, -0.15) is 0 Å². The van der Waals surface area contributed by atoms with Gasteiger partial charge in [-0.05, 0) is 38.0 Å². The van der Waals surface area contributed by atoms with Crippen LogP contribution in [0.25, 0.3) is 0 Å². The Hall–Kier alpha value is -0.570. The summed E-state index contributed by atoms with van der Waals surface area (Å²) in [5.74, 6) is 1.71. The average Bonchev–Trinajstić information content (AvgIpc) is 2.10. The van der Waals surface area contributed by atoms with Crippen LogP contribution in [0.3, 0.4) is 0 Å². The van der Waals surface area contributed by atoms with Crippen LogP contribution >= 0.6 is 0 Å². The van der Waals surface area contributed by atoms with Crippen molar-refractivity contribution in [1.82, 2.24) is 0 Å². The van der Waals surface area contributed by atoms with Gasteiger partial charge in [0.05, 0.1) is 11.5 Å². The zero-order valence-electron chi connectivity index (χ0n) is 10.9. The molecular formula is C14H22O3. The molecule has 5 unspecified atom stereocenters. The van der Waals surface area contributed by atoms with E-state index in [0.29, 0.717) is 18.3 Å². The molecule has 96 valence electrons. The first-order chi connectivity index (χ1) is 7.83. The number of hydrogen-bond acceptors (Lipinski definition) is 3. The molecule has 1 N–H and O–H groups in total. The van der Waals surface area contributed by atoms with Crippen molar-refractivity contribution in [2.75, 3.05) is 0 Å². The molecule has 0 heterocycles. The molecule has 0 saturated heterocycles. The molecule has 0 aromatic heterocycles. The van der Waals surface area contributed by atoms with E-state index in [1.807, 2.05) is 20.8 Å². The molecule has 3 aliphatic rings. The van der Waals surface area contributed by atoms with Gasteiger partial charge in [-0.15, -0.1) is 0 Å². The molecule has 0 spiro atoms. The van der Waals surface area contributed by atoms with Gasteiger partial charge in [0, 0.05) is 12.3 Å². The topological polar surface area (TPSA) is 46.5 Å². The second kappa shape index (κ2) is 3.25. The van der Waals surface area contributed by atoms with E-state index in [0.717, 1.165) is 18.8 Å². The molecular weight excluding hydrogens is 216 g/mol. The Morgan fingerprint density at radius 3 is 2.59 bits per heavy atom. The second-order valence-corrected chi connectivity index (χ2v) is 7.00. The number of aliphatic hydroxyl groups is 1. The predicted octanol–water partition coefficient (Wildman–Crippen LogP) is 2.13. The molecule has 3 rings (SSSR count). The standard InChI is InChI=1S/C14H22O3/c1-8(2)12(15)17-14-6-10-4-9(11(10)14)5-13(3,16)7-14/h8-11,16H,4-7H2,1-3H3. The number of ether oxygens (including phenoxy) is 1. The average molecular weight is 238 g/mol. The lowest BCUT2D eigenvalue weighted by molar-refractivity contribution is -0.289. The fourth-order valence-corrected chi connectivity index (χ4v) is 4.51. The first-order valence-corrected chi connectivity index (χ1v) is 6.78. The molecule has 0 bridgehead atoms. The molecule has 3 nitrogen and oxygen atoms in total. The smallest absolute Gasteiger partial charge is 0.308 e. The highest BCUT2D eigenvalue weighted by Crippen LogP contribution is 2.68. The monoisotopic (exact) mass is 238 g/mol. The molecule has 5 atom stereocenters. The molecule has 3 heteroatoms. The van der Waals surface area contributed by atoms with E-state index in [-0.39, 0.29) is 17.5 Å². The van der Waals surface area contributed by atoms with Gasteiger partial charge in [-0.25, -0.2) is 0 Å². The van der Waals surface area contributed by atoms with Crippen molar-refractivity contribution in [3.8, 4) is 0 Å². The van der Waals surface area contributed by atoms with Gasteiger partial charge < -0.3 is 9.84 Å². The first-order valence-electron chi connectivity index (χ1n) is 6.78. The Kier molecular flexibility index (Phi) is 2.20. The fourth-order valence-electron chi connectivity index (χ4n) is 4.51. The molecule has 0 amide bonds. The molecule has 3 fully saturated rings. The molecule has 0 aliphatic heterocycles. The maximum atomic E-state index is 11.8. The SMILES string of the molecule is CC(C)C(=O)OC12CC3CC(CC(C)(O)C1)C32. The van der Waals surface area contributed by atoms with Crippen molar-refractivity contribution in [1.29, 1.82) is 0 Å². The van der Waals surface area contributed by atoms with Crippen LogP contribution in [0.4, 0.5) is 0 Å². The zero-order valence-corrected chi connectivity index (χ0v) is 10.9. The molecule has 3 saturated carbocycles. The van der Waals surface area contributed by atoms with Crippen molar-refractivity contribution in [3.05, 3.63) is 0 Å². The highest BCUT2D eigenvalue weighted by Gasteiger charge is 2.70. The molecule has 0 aromatic rings. The minimum atomic E-state index is -0.649. The summed E-state index contributed by atoms with van der Waals surface area (Å²) in [5, 5.41) is 10.3. The number of carbonyl (C=O) groups is 1. The van der Waals surface area contributed by atoms with Crippen LogP contribution in [0.2, 0.25) is 0 Å². The van der Waals surface area contributed by atoms with E-state index in [9.17, 15) is 9.90 Å². The van der Waals surface area contributed by atoms with Crippen LogP contribution in [-0.4, -0.2) is 22.3 Å². The molecule has 0 radical (unpaired) electrons. The van der Waals surface area contributed by atoms with Gasteiger partial charge in [0.25, 0.3) is 0 Å². The normalized spacial score (nSPS) is 51.2. The third-order valence-corrected chi connectivity index (χ3v) is 4.99. The van der Waals surface area contributed by atoms with E-state index in [1.54, 1.807) is 0 Å². The summed E-state index contributed by atoms with van der Waals surface area (Å²) < 4.78 is 5.78. The summed E-state index contributed by atoms with van der Waals surface area (Å²) in [5.41, 5.74) is -0.972. The van der Waals surface area contributed by atoms with E-state index in [4.69, 9.17) is 4.74 Å². The zero-order chi connectivity index (χ0) is 12.4. The van der Waals surface area contributed by atoms with E-state index in [1.165, 1.54) is 6.42 Å². The second-order valence-electron chi connectivity index (χ2n) is 7.00. The lowest BCUT2D eigenvalue weighted by Crippen LogP contribution is -2.71. The largest absolute Gasteiger partial charge is 0.458 e. The van der Waals surface area contributed by atoms with Gasteiger partial charge in [0.15, 0.2) is 0 Å². The Balaban J connectivity index is 1.79. The summed E-state index contributed by atoms with van der Waals surface area (Å²) in [6.45, 7) is 5.63. The van der Waals surface area contributed by atoms with Crippen molar-refractivity contribution < 1.29 is 14.6 Å². The lowest BCUT2D eigenvalue weighted by Gasteiger charge is -2.69. The van der Waals surface area contributed by atoms with Gasteiger partial charge in [0.1, 0.15) is 5.60 Å². The van der Waals surface area contributed by atoms with E-state index in [2.05, 4.69) is 0 Å². The number of rotatable bonds is 2. The Morgan fingerprint density at radius 1 is 1.35 bits per heavy atom. The third kappa shape index (κ3) is 1.55. The minimum Gasteiger partial charge on any atom is -0.458 e. The van der Waals surface area contributed by atoms with Crippen molar-refractivity contribution in [3.63, 3.8) is 0 Å². The van der Waals surface area contributed by atoms with Crippen LogP contribution in [0, 0.1) is 23.7 Å². The summed E-state index contributed by atoms with van der Waals surface area (Å²) in [7, 11) is 0. The lowest BCUT2D eigenvalue weighted by atomic mass is 9.39. The van der Waals surface area contributed by atoms with Crippen molar-refractivity contribution >= 4 is 5.97 Å². The van der Waals surface area contributed by atoms with Crippen molar-refractivity contribution in [2.24, 2.45) is 23.7 Å². The van der Waals surface area contributed by atoms with Gasteiger partial charge in [0.2, 0.25) is 0 Å². The van der Waals surface area contributed by atoms with Crippen LogP contribution in [0.5, 0.6) is 0 Å². The van der Waals surface area contributed by atoms with Crippen LogP contribution in [0.15, 0.2) is 0 Å². The van der Waals surface area contributed by atoms with Gasteiger partial charge in [-0.1, -0.05) is 13.8 Å². The van der Waals surface area contributed by atoms with Crippen LogP contribution in [-0.2, 0) is 9.53 Å². The fraction of sp³-hybridized carbons (Fsp3) is 0.929. The number of esters is 1. The maximum absolute atomic E-state index is 11.8. The molecule has 3 aliphatic carbocycles. The number of hydrogen-bond donors (Lipinski definition) is 1. The summed E-state index contributed by atoms with van der Waals surface area (Å²) in [6.07, 6.45) is 3.72. The Labute approximate surface area is 103 Å². The summed E-state index contributed by atoms with van der Waals surface area (Å²) >= 11 is 0. The Morgan fingerprint density at radius 2 is 2.00 bits per heavy atom. The summed E-state index contributed by atoms with van der Waals surface area (Å²) in [6, 6.07) is 0. The maximum Gasteiger partial charge on any atom is 0.308 e. The van der Waals surface area contributed by atoms with E-state index >= 15 is 0 Å². The quantitative estimate of drug-likeness (QED) is 0.750. The van der Waals surface area contributed by atoms with E-state index < -0.39 is 5.60 Å².